The zero-order valence-electron chi connectivity index (χ0n) is 24.0. The van der Waals surface area contributed by atoms with Crippen molar-refractivity contribution in [3.8, 4) is 0 Å². The number of benzene rings is 2. The van der Waals surface area contributed by atoms with Gasteiger partial charge in [0.2, 0.25) is 0 Å². The lowest BCUT2D eigenvalue weighted by molar-refractivity contribution is -0.161. The van der Waals surface area contributed by atoms with E-state index in [2.05, 4.69) is 38.1 Å². The van der Waals surface area contributed by atoms with Crippen molar-refractivity contribution >= 4 is 35.1 Å². The van der Waals surface area contributed by atoms with Crippen LogP contribution in [0.25, 0.3) is 0 Å². The molecule has 1 amide bonds. The fourth-order valence-corrected chi connectivity index (χ4v) is 7.76. The molecule has 2 aromatic rings. The summed E-state index contributed by atoms with van der Waals surface area (Å²) in [5, 5.41) is 1.01. The second-order valence-electron chi connectivity index (χ2n) is 12.0. The van der Waals surface area contributed by atoms with Crippen molar-refractivity contribution < 1.29 is 19.1 Å². The molecule has 2 aliphatic rings. The van der Waals surface area contributed by atoms with E-state index in [9.17, 15) is 9.59 Å². The number of methoxy groups -OCH3 is 1. The number of aryl methyl sites for hydroxylation is 1. The summed E-state index contributed by atoms with van der Waals surface area (Å²) in [7, 11) is 1.45. The average molecular weight is 575 g/mol. The normalized spacial score (nSPS) is 24.8. The van der Waals surface area contributed by atoms with E-state index < -0.39 is 10.8 Å². The molecule has 4 rings (SSSR count). The zero-order chi connectivity index (χ0) is 28.5. The standard InChI is InChI=1S/C32H41Cl2NO4/c1-20(2)26-24(33)17-23-27(28(26)34)29(36)35(15-8-16-39-19-22-11-9-21(3)10-12-22)18-25-31(23,4)13-7-14-32(25,5)30(37)38-6/h9-12,17,20,25H,7-8,13-16,18-19H2,1-6H3/t25?,31-,32-/m1/s1. The van der Waals surface area contributed by atoms with Crippen molar-refractivity contribution in [2.75, 3.05) is 26.8 Å². The molecule has 0 aromatic heterocycles. The van der Waals surface area contributed by atoms with E-state index in [4.69, 9.17) is 32.7 Å². The van der Waals surface area contributed by atoms with Crippen LogP contribution in [-0.2, 0) is 26.3 Å². The number of amides is 1. The fourth-order valence-electron chi connectivity index (χ4n) is 6.79. The molecule has 0 bridgehead atoms. The molecule has 0 N–H and O–H groups in total. The topological polar surface area (TPSA) is 55.8 Å². The van der Waals surface area contributed by atoms with E-state index in [1.54, 1.807) is 0 Å². The van der Waals surface area contributed by atoms with Crippen LogP contribution in [0.1, 0.15) is 91.9 Å². The van der Waals surface area contributed by atoms with Crippen LogP contribution < -0.4 is 0 Å². The molecule has 39 heavy (non-hydrogen) atoms. The van der Waals surface area contributed by atoms with Gasteiger partial charge in [-0.3, -0.25) is 9.59 Å². The third-order valence-electron chi connectivity index (χ3n) is 9.04. The molecule has 1 saturated carbocycles. The molecule has 1 heterocycles. The highest BCUT2D eigenvalue weighted by Gasteiger charge is 2.57. The molecule has 0 saturated heterocycles. The Kier molecular flexibility index (Phi) is 9.05. The van der Waals surface area contributed by atoms with Crippen LogP contribution in [0.2, 0.25) is 10.0 Å². The van der Waals surface area contributed by atoms with Crippen molar-refractivity contribution in [1.82, 2.24) is 4.90 Å². The van der Waals surface area contributed by atoms with Crippen molar-refractivity contribution in [2.45, 2.75) is 78.2 Å². The largest absolute Gasteiger partial charge is 0.469 e. The molecule has 0 radical (unpaired) electrons. The summed E-state index contributed by atoms with van der Waals surface area (Å²) in [6.45, 7) is 12.3. The number of carbonyl (C=O) groups is 2. The van der Waals surface area contributed by atoms with Crippen molar-refractivity contribution in [1.29, 1.82) is 0 Å². The van der Waals surface area contributed by atoms with Crippen molar-refractivity contribution in [3.05, 3.63) is 68.2 Å². The second-order valence-corrected chi connectivity index (χ2v) is 12.8. The average Bonchev–Trinajstić information content (AvgIpc) is 2.98. The number of esters is 1. The van der Waals surface area contributed by atoms with Gasteiger partial charge in [0.15, 0.2) is 0 Å². The third kappa shape index (κ3) is 5.60. The number of halogens is 2. The van der Waals surface area contributed by atoms with Crippen LogP contribution in [0, 0.1) is 18.3 Å². The van der Waals surface area contributed by atoms with Crippen LogP contribution in [0.5, 0.6) is 0 Å². The summed E-state index contributed by atoms with van der Waals surface area (Å²) in [6.07, 6.45) is 3.07. The summed E-state index contributed by atoms with van der Waals surface area (Å²) in [6, 6.07) is 10.2. The number of fused-ring (bicyclic) bond motifs is 3. The van der Waals surface area contributed by atoms with E-state index in [-0.39, 0.29) is 23.7 Å². The van der Waals surface area contributed by atoms with Crippen LogP contribution >= 0.6 is 23.2 Å². The Balaban J connectivity index is 1.67. The highest BCUT2D eigenvalue weighted by Crippen LogP contribution is 2.57. The van der Waals surface area contributed by atoms with Crippen LogP contribution in [0.15, 0.2) is 30.3 Å². The molecule has 1 aliphatic carbocycles. The fraction of sp³-hybridized carbons (Fsp3) is 0.562. The lowest BCUT2D eigenvalue weighted by atomic mass is 9.53. The molecule has 5 nitrogen and oxygen atoms in total. The Morgan fingerprint density at radius 3 is 2.49 bits per heavy atom. The monoisotopic (exact) mass is 573 g/mol. The summed E-state index contributed by atoms with van der Waals surface area (Å²) < 4.78 is 11.3. The van der Waals surface area contributed by atoms with Gasteiger partial charge in [-0.15, -0.1) is 0 Å². The molecule has 212 valence electrons. The smallest absolute Gasteiger partial charge is 0.311 e. The minimum atomic E-state index is -0.737. The highest BCUT2D eigenvalue weighted by atomic mass is 35.5. The maximum atomic E-state index is 14.2. The summed E-state index contributed by atoms with van der Waals surface area (Å²) in [5.41, 5.74) is 3.31. The lowest BCUT2D eigenvalue weighted by Gasteiger charge is -2.51. The first kappa shape index (κ1) is 29.9. The Morgan fingerprint density at radius 1 is 1.15 bits per heavy atom. The molecular formula is C32H41Cl2NO4. The minimum Gasteiger partial charge on any atom is -0.469 e. The summed E-state index contributed by atoms with van der Waals surface area (Å²) >= 11 is 13.8. The van der Waals surface area contributed by atoms with Gasteiger partial charge in [-0.1, -0.05) is 80.2 Å². The Bertz CT molecular complexity index is 1230. The Morgan fingerprint density at radius 2 is 1.85 bits per heavy atom. The van der Waals surface area contributed by atoms with Gasteiger partial charge in [0.25, 0.3) is 5.91 Å². The first-order chi connectivity index (χ1) is 18.4. The molecule has 0 spiro atoms. The first-order valence-electron chi connectivity index (χ1n) is 14.0. The maximum Gasteiger partial charge on any atom is 0.311 e. The number of nitrogens with zero attached hydrogens (tertiary/aromatic N) is 1. The Hall–Kier alpha value is -2.08. The molecule has 7 heteroatoms. The van der Waals surface area contributed by atoms with Crippen LogP contribution in [-0.4, -0.2) is 43.6 Å². The van der Waals surface area contributed by atoms with E-state index >= 15 is 0 Å². The highest BCUT2D eigenvalue weighted by molar-refractivity contribution is 6.38. The maximum absolute atomic E-state index is 14.2. The third-order valence-corrected chi connectivity index (χ3v) is 9.74. The van der Waals surface area contributed by atoms with Crippen LogP contribution in [0.4, 0.5) is 0 Å². The predicted octanol–water partition coefficient (Wildman–Crippen LogP) is 7.73. The number of hydrogen-bond acceptors (Lipinski definition) is 4. The van der Waals surface area contributed by atoms with E-state index in [0.717, 1.165) is 29.5 Å². The molecule has 1 fully saturated rings. The van der Waals surface area contributed by atoms with Crippen LogP contribution in [0.3, 0.4) is 0 Å². The minimum absolute atomic E-state index is 0.0604. The molecular weight excluding hydrogens is 533 g/mol. The SMILES string of the molecule is COC(=O)[C@]1(C)CCC[C@]2(C)c3cc(Cl)c(C(C)C)c(Cl)c3C(=O)N(CCCOCc3ccc(C)cc3)CC12. The number of hydrogen-bond donors (Lipinski definition) is 0. The van der Waals surface area contributed by atoms with Gasteiger partial charge in [-0.2, -0.15) is 0 Å². The summed E-state index contributed by atoms with van der Waals surface area (Å²) in [4.78, 5) is 29.3. The van der Waals surface area contributed by atoms with Gasteiger partial charge in [0, 0.05) is 30.6 Å². The van der Waals surface area contributed by atoms with Gasteiger partial charge in [-0.05, 0) is 67.2 Å². The number of rotatable bonds is 8. The van der Waals surface area contributed by atoms with Gasteiger partial charge in [0.05, 0.1) is 29.7 Å². The number of carbonyl (C=O) groups excluding carboxylic acids is 2. The van der Waals surface area contributed by atoms with Gasteiger partial charge in [0.1, 0.15) is 0 Å². The number of ether oxygens (including phenoxy) is 2. The molecule has 1 unspecified atom stereocenters. The van der Waals surface area contributed by atoms with E-state index in [1.807, 2.05) is 31.7 Å². The molecule has 3 atom stereocenters. The van der Waals surface area contributed by atoms with Gasteiger partial charge >= 0.3 is 5.97 Å². The predicted molar refractivity (Wildman–Crippen MR) is 157 cm³/mol. The Labute approximate surface area is 243 Å². The van der Waals surface area contributed by atoms with Crippen molar-refractivity contribution in [2.24, 2.45) is 11.3 Å². The molecule has 1 aliphatic heterocycles. The zero-order valence-corrected chi connectivity index (χ0v) is 25.5. The van der Waals surface area contributed by atoms with E-state index in [0.29, 0.717) is 54.8 Å². The summed E-state index contributed by atoms with van der Waals surface area (Å²) in [5.74, 6) is -0.422. The van der Waals surface area contributed by atoms with Gasteiger partial charge in [-0.25, -0.2) is 0 Å². The first-order valence-corrected chi connectivity index (χ1v) is 14.7. The quantitative estimate of drug-likeness (QED) is 0.239. The second kappa shape index (κ2) is 11.8. The lowest BCUT2D eigenvalue weighted by Crippen LogP contribution is -2.54. The van der Waals surface area contributed by atoms with Gasteiger partial charge < -0.3 is 14.4 Å². The van der Waals surface area contributed by atoms with E-state index in [1.165, 1.54) is 12.7 Å². The van der Waals surface area contributed by atoms with Crippen molar-refractivity contribution in [3.63, 3.8) is 0 Å². The molecule has 2 aromatic carbocycles.